The van der Waals surface area contributed by atoms with Crippen molar-refractivity contribution in [2.24, 2.45) is 5.92 Å². The van der Waals surface area contributed by atoms with E-state index in [0.29, 0.717) is 12.2 Å². The standard InChI is InChI=1S/C22H22F3N5O/c1-11-19(12(2)31-29-11)14-5-18-22(26-6-14)16(15-7-27-28-8-15)10-30(18)9-13-3-4-17(23)21(25)20(13)24/h5-8,10,13,17,20-21H,3-4,9H2,1-2H3,(H,27,28). The summed E-state index contributed by atoms with van der Waals surface area (Å²) in [5.74, 6) is 0.0645. The average molecular weight is 429 g/mol. The van der Waals surface area contributed by atoms with Crippen LogP contribution >= 0.6 is 0 Å². The summed E-state index contributed by atoms with van der Waals surface area (Å²) in [5.41, 5.74) is 5.61. The van der Waals surface area contributed by atoms with E-state index in [1.807, 2.05) is 30.7 Å². The molecule has 1 N–H and O–H groups in total. The third-order valence-electron chi connectivity index (χ3n) is 6.19. The Kier molecular flexibility index (Phi) is 4.83. The van der Waals surface area contributed by atoms with E-state index in [4.69, 9.17) is 4.52 Å². The number of H-pyrrole nitrogens is 1. The van der Waals surface area contributed by atoms with Gasteiger partial charge in [0.2, 0.25) is 0 Å². The number of fused-ring (bicyclic) bond motifs is 1. The summed E-state index contributed by atoms with van der Waals surface area (Å²) >= 11 is 0. The lowest BCUT2D eigenvalue weighted by atomic mass is 9.85. The van der Waals surface area contributed by atoms with E-state index >= 15 is 0 Å². The van der Waals surface area contributed by atoms with Crippen molar-refractivity contribution >= 4 is 11.0 Å². The summed E-state index contributed by atoms with van der Waals surface area (Å²) in [6.07, 6.45) is 1.75. The second-order valence-electron chi connectivity index (χ2n) is 8.22. The van der Waals surface area contributed by atoms with Gasteiger partial charge < -0.3 is 9.09 Å². The molecule has 4 unspecified atom stereocenters. The Morgan fingerprint density at radius 2 is 1.97 bits per heavy atom. The van der Waals surface area contributed by atoms with Crippen molar-refractivity contribution in [3.8, 4) is 22.3 Å². The normalized spacial score (nSPS) is 24.2. The van der Waals surface area contributed by atoms with Crippen LogP contribution in [0.1, 0.15) is 24.3 Å². The molecule has 1 fully saturated rings. The maximum Gasteiger partial charge on any atom is 0.162 e. The summed E-state index contributed by atoms with van der Waals surface area (Å²) < 4.78 is 49.4. The summed E-state index contributed by atoms with van der Waals surface area (Å²) in [5, 5.41) is 10.8. The second-order valence-corrected chi connectivity index (χ2v) is 8.22. The smallest absolute Gasteiger partial charge is 0.162 e. The van der Waals surface area contributed by atoms with Gasteiger partial charge in [-0.2, -0.15) is 5.10 Å². The molecule has 31 heavy (non-hydrogen) atoms. The first-order valence-corrected chi connectivity index (χ1v) is 10.3. The maximum atomic E-state index is 14.6. The molecule has 5 rings (SSSR count). The fourth-order valence-electron chi connectivity index (χ4n) is 4.55. The number of hydrogen-bond acceptors (Lipinski definition) is 4. The Balaban J connectivity index is 1.61. The third-order valence-corrected chi connectivity index (χ3v) is 6.19. The third kappa shape index (κ3) is 3.32. The number of nitrogens with zero attached hydrogens (tertiary/aromatic N) is 4. The molecule has 162 valence electrons. The number of aromatic amines is 1. The Hall–Kier alpha value is -3.10. The second kappa shape index (κ2) is 7.55. The van der Waals surface area contributed by atoms with Gasteiger partial charge in [0.15, 0.2) is 6.17 Å². The van der Waals surface area contributed by atoms with Crippen molar-refractivity contribution in [3.63, 3.8) is 0 Å². The summed E-state index contributed by atoms with van der Waals surface area (Å²) in [4.78, 5) is 4.68. The summed E-state index contributed by atoms with van der Waals surface area (Å²) in [6.45, 7) is 3.92. The molecule has 9 heteroatoms. The van der Waals surface area contributed by atoms with Gasteiger partial charge in [0, 0.05) is 53.3 Å². The van der Waals surface area contributed by atoms with Crippen LogP contribution in [0.25, 0.3) is 33.3 Å². The van der Waals surface area contributed by atoms with Gasteiger partial charge in [0.05, 0.1) is 22.9 Å². The predicted octanol–water partition coefficient (Wildman–Crippen LogP) is 5.12. The van der Waals surface area contributed by atoms with Crippen LogP contribution in [0.4, 0.5) is 13.2 Å². The van der Waals surface area contributed by atoms with Gasteiger partial charge in [0.1, 0.15) is 18.1 Å². The van der Waals surface area contributed by atoms with Crippen molar-refractivity contribution in [2.75, 3.05) is 0 Å². The minimum absolute atomic E-state index is 0.0304. The lowest BCUT2D eigenvalue weighted by molar-refractivity contribution is 0.000949. The van der Waals surface area contributed by atoms with Crippen molar-refractivity contribution in [3.05, 3.63) is 42.3 Å². The monoisotopic (exact) mass is 429 g/mol. The van der Waals surface area contributed by atoms with Gasteiger partial charge >= 0.3 is 0 Å². The molecule has 0 saturated heterocycles. The van der Waals surface area contributed by atoms with Crippen molar-refractivity contribution in [2.45, 2.75) is 51.7 Å². The number of halogens is 3. The molecule has 4 aromatic rings. The number of aromatic nitrogens is 5. The highest BCUT2D eigenvalue weighted by atomic mass is 19.2. The number of rotatable bonds is 4. The zero-order valence-corrected chi connectivity index (χ0v) is 17.1. The molecule has 0 amide bonds. The Labute approximate surface area is 176 Å². The lowest BCUT2D eigenvalue weighted by Gasteiger charge is -2.31. The van der Waals surface area contributed by atoms with Crippen LogP contribution in [0, 0.1) is 19.8 Å². The number of pyridine rings is 1. The van der Waals surface area contributed by atoms with E-state index < -0.39 is 24.4 Å². The van der Waals surface area contributed by atoms with E-state index in [2.05, 4.69) is 20.3 Å². The van der Waals surface area contributed by atoms with Crippen molar-refractivity contribution in [1.29, 1.82) is 0 Å². The van der Waals surface area contributed by atoms with Crippen LogP contribution in [0.15, 0.2) is 35.4 Å². The molecule has 4 atom stereocenters. The van der Waals surface area contributed by atoms with Crippen LogP contribution in [0.3, 0.4) is 0 Å². The molecular weight excluding hydrogens is 407 g/mol. The molecule has 6 nitrogen and oxygen atoms in total. The zero-order valence-electron chi connectivity index (χ0n) is 17.1. The fraction of sp³-hybridized carbons (Fsp3) is 0.409. The topological polar surface area (TPSA) is 72.5 Å². The SMILES string of the molecule is Cc1noc(C)c1-c1cnc2c(-c3cn[nH]c3)cn(CC3CCC(F)C(F)C3F)c2c1. The first kappa shape index (κ1) is 19.8. The van der Waals surface area contributed by atoms with Crippen LogP contribution in [0.5, 0.6) is 0 Å². The molecule has 0 bridgehead atoms. The molecular formula is C22H22F3N5O. The van der Waals surface area contributed by atoms with Crippen molar-refractivity contribution < 1.29 is 17.7 Å². The molecule has 4 aromatic heterocycles. The number of hydrogen-bond donors (Lipinski definition) is 1. The van der Waals surface area contributed by atoms with E-state index in [1.54, 1.807) is 18.6 Å². The molecule has 0 radical (unpaired) electrons. The lowest BCUT2D eigenvalue weighted by Crippen LogP contribution is -2.40. The predicted molar refractivity (Wildman–Crippen MR) is 110 cm³/mol. The Morgan fingerprint density at radius 3 is 2.68 bits per heavy atom. The van der Waals surface area contributed by atoms with E-state index in [-0.39, 0.29) is 13.0 Å². The van der Waals surface area contributed by atoms with Gasteiger partial charge in [-0.05, 0) is 32.8 Å². The van der Waals surface area contributed by atoms with Gasteiger partial charge in [0.25, 0.3) is 0 Å². The van der Waals surface area contributed by atoms with Crippen LogP contribution in [0.2, 0.25) is 0 Å². The van der Waals surface area contributed by atoms with Gasteiger partial charge in [-0.3, -0.25) is 10.1 Å². The molecule has 1 aliphatic carbocycles. The van der Waals surface area contributed by atoms with E-state index in [0.717, 1.165) is 39.0 Å². The first-order valence-electron chi connectivity index (χ1n) is 10.3. The van der Waals surface area contributed by atoms with E-state index in [9.17, 15) is 13.2 Å². The quantitative estimate of drug-likeness (QED) is 0.489. The minimum atomic E-state index is -2.08. The number of nitrogens with one attached hydrogen (secondary N) is 1. The fourth-order valence-corrected chi connectivity index (χ4v) is 4.55. The molecule has 1 saturated carbocycles. The Bertz CT molecular complexity index is 1200. The van der Waals surface area contributed by atoms with Gasteiger partial charge in [-0.25, -0.2) is 13.2 Å². The average Bonchev–Trinajstić information content (AvgIpc) is 3.48. The molecule has 1 aliphatic rings. The van der Waals surface area contributed by atoms with Gasteiger partial charge in [-0.15, -0.1) is 0 Å². The summed E-state index contributed by atoms with van der Waals surface area (Å²) in [6, 6.07) is 1.96. The first-order chi connectivity index (χ1) is 14.9. The highest BCUT2D eigenvalue weighted by Crippen LogP contribution is 2.37. The highest BCUT2D eigenvalue weighted by molar-refractivity contribution is 5.94. The highest BCUT2D eigenvalue weighted by Gasteiger charge is 2.40. The maximum absolute atomic E-state index is 14.6. The Morgan fingerprint density at radius 1 is 1.13 bits per heavy atom. The van der Waals surface area contributed by atoms with E-state index in [1.165, 1.54) is 0 Å². The van der Waals surface area contributed by atoms with Crippen LogP contribution in [-0.4, -0.2) is 43.4 Å². The molecule has 4 heterocycles. The largest absolute Gasteiger partial charge is 0.361 e. The molecule has 0 spiro atoms. The van der Waals surface area contributed by atoms with Crippen molar-refractivity contribution in [1.82, 2.24) is 24.9 Å². The number of alkyl halides is 3. The molecule has 0 aliphatic heterocycles. The number of aryl methyl sites for hydroxylation is 2. The molecule has 0 aromatic carbocycles. The van der Waals surface area contributed by atoms with Crippen LogP contribution < -0.4 is 0 Å². The van der Waals surface area contributed by atoms with Gasteiger partial charge in [-0.1, -0.05) is 5.16 Å². The minimum Gasteiger partial charge on any atom is -0.361 e. The summed E-state index contributed by atoms with van der Waals surface area (Å²) in [7, 11) is 0. The zero-order chi connectivity index (χ0) is 21.7. The van der Waals surface area contributed by atoms with Crippen LogP contribution in [-0.2, 0) is 6.54 Å².